The third-order valence-electron chi connectivity index (χ3n) is 3.87. The minimum atomic E-state index is -0.299. The number of ether oxygens (including phenoxy) is 1. The molecular weight excluding hydrogens is 318 g/mol. The number of nitrogens with one attached hydrogen (secondary N) is 1. The maximum absolute atomic E-state index is 12.0. The Hall–Kier alpha value is -3.33. The van der Waals surface area contributed by atoms with E-state index in [2.05, 4.69) is 5.32 Å². The highest BCUT2D eigenvalue weighted by Crippen LogP contribution is 2.23. The van der Waals surface area contributed by atoms with Gasteiger partial charge in [-0.15, -0.1) is 0 Å². The molecule has 25 heavy (non-hydrogen) atoms. The Kier molecular flexibility index (Phi) is 4.95. The van der Waals surface area contributed by atoms with Gasteiger partial charge in [-0.2, -0.15) is 5.26 Å². The zero-order valence-electron chi connectivity index (χ0n) is 13.6. The van der Waals surface area contributed by atoms with Crippen LogP contribution in [0.25, 0.3) is 0 Å². The molecule has 1 aliphatic heterocycles. The van der Waals surface area contributed by atoms with Crippen LogP contribution in [-0.4, -0.2) is 25.0 Å². The van der Waals surface area contributed by atoms with Crippen molar-refractivity contribution >= 4 is 23.2 Å². The number of hydrogen-bond donors (Lipinski definition) is 1. The molecule has 2 aromatic rings. The molecule has 2 amide bonds. The van der Waals surface area contributed by atoms with Crippen molar-refractivity contribution in [1.29, 1.82) is 5.26 Å². The highest BCUT2D eigenvalue weighted by atomic mass is 16.5. The second-order valence-electron chi connectivity index (χ2n) is 5.67. The van der Waals surface area contributed by atoms with Crippen molar-refractivity contribution in [3.8, 4) is 11.8 Å². The Balaban J connectivity index is 1.54. The van der Waals surface area contributed by atoms with Crippen LogP contribution in [0.4, 0.5) is 11.4 Å². The maximum Gasteiger partial charge on any atom is 0.262 e. The summed E-state index contributed by atoms with van der Waals surface area (Å²) in [6, 6.07) is 15.8. The molecule has 1 N–H and O–H groups in total. The quantitative estimate of drug-likeness (QED) is 0.911. The predicted octanol–water partition coefficient (Wildman–Crippen LogP) is 2.70. The first-order valence-corrected chi connectivity index (χ1v) is 7.99. The standard InChI is InChI=1S/C19H17N3O3/c20-12-14-3-1-4-17(11-14)25-13-18(23)21-15-6-8-16(9-7-15)22-10-2-5-19(22)24/h1,3-4,6-9,11H,2,5,10,13H2,(H,21,23). The van der Waals surface area contributed by atoms with Crippen LogP contribution in [0.1, 0.15) is 18.4 Å². The maximum atomic E-state index is 12.0. The normalized spacial score (nSPS) is 13.4. The van der Waals surface area contributed by atoms with Crippen molar-refractivity contribution in [3.05, 3.63) is 54.1 Å². The Bertz CT molecular complexity index is 825. The summed E-state index contributed by atoms with van der Waals surface area (Å²) >= 11 is 0. The van der Waals surface area contributed by atoms with Crippen LogP contribution in [0, 0.1) is 11.3 Å². The fraction of sp³-hybridized carbons (Fsp3) is 0.211. The third-order valence-corrected chi connectivity index (χ3v) is 3.87. The van der Waals surface area contributed by atoms with E-state index in [0.717, 1.165) is 18.7 Å². The van der Waals surface area contributed by atoms with E-state index in [1.54, 1.807) is 41.3 Å². The number of nitrogens with zero attached hydrogens (tertiary/aromatic N) is 2. The molecule has 0 radical (unpaired) electrons. The molecule has 6 heteroatoms. The largest absolute Gasteiger partial charge is 0.484 e. The van der Waals surface area contributed by atoms with Crippen molar-refractivity contribution in [2.45, 2.75) is 12.8 Å². The van der Waals surface area contributed by atoms with Crippen LogP contribution in [0.15, 0.2) is 48.5 Å². The highest BCUT2D eigenvalue weighted by molar-refractivity contribution is 5.96. The summed E-state index contributed by atoms with van der Waals surface area (Å²) in [7, 11) is 0. The van der Waals surface area contributed by atoms with Gasteiger partial charge < -0.3 is 15.0 Å². The number of amides is 2. The van der Waals surface area contributed by atoms with E-state index in [1.807, 2.05) is 18.2 Å². The van der Waals surface area contributed by atoms with Crippen LogP contribution in [0.3, 0.4) is 0 Å². The van der Waals surface area contributed by atoms with Crippen molar-refractivity contribution in [1.82, 2.24) is 0 Å². The molecule has 3 rings (SSSR count). The van der Waals surface area contributed by atoms with E-state index < -0.39 is 0 Å². The lowest BCUT2D eigenvalue weighted by atomic mass is 10.2. The van der Waals surface area contributed by atoms with Crippen LogP contribution in [-0.2, 0) is 9.59 Å². The van der Waals surface area contributed by atoms with E-state index in [4.69, 9.17) is 10.00 Å². The van der Waals surface area contributed by atoms with Gasteiger partial charge in [0.25, 0.3) is 5.91 Å². The molecular formula is C19H17N3O3. The molecule has 0 aliphatic carbocycles. The molecule has 0 spiro atoms. The summed E-state index contributed by atoms with van der Waals surface area (Å²) in [4.78, 5) is 25.4. The summed E-state index contributed by atoms with van der Waals surface area (Å²) in [6.45, 7) is 0.585. The Morgan fingerprint density at radius 1 is 1.24 bits per heavy atom. The topological polar surface area (TPSA) is 82.4 Å². The second kappa shape index (κ2) is 7.49. The van der Waals surface area contributed by atoms with E-state index in [1.165, 1.54) is 0 Å². The molecule has 1 heterocycles. The summed E-state index contributed by atoms with van der Waals surface area (Å²) in [5.41, 5.74) is 1.95. The van der Waals surface area contributed by atoms with Gasteiger partial charge in [-0.1, -0.05) is 6.07 Å². The number of carbonyl (C=O) groups is 2. The summed E-state index contributed by atoms with van der Waals surface area (Å²) in [6.07, 6.45) is 1.46. The fourth-order valence-corrected chi connectivity index (χ4v) is 2.65. The van der Waals surface area contributed by atoms with Gasteiger partial charge in [0.15, 0.2) is 6.61 Å². The molecule has 126 valence electrons. The zero-order chi connectivity index (χ0) is 17.6. The van der Waals surface area contributed by atoms with Crippen molar-refractivity contribution in [2.75, 3.05) is 23.4 Å². The minimum absolute atomic E-state index is 0.129. The fourth-order valence-electron chi connectivity index (χ4n) is 2.65. The number of anilines is 2. The van der Waals surface area contributed by atoms with Gasteiger partial charge in [0, 0.05) is 24.3 Å². The first kappa shape index (κ1) is 16.5. The molecule has 2 aromatic carbocycles. The molecule has 0 bridgehead atoms. The second-order valence-corrected chi connectivity index (χ2v) is 5.67. The lowest BCUT2D eigenvalue weighted by Gasteiger charge is -2.16. The molecule has 1 saturated heterocycles. The summed E-state index contributed by atoms with van der Waals surface area (Å²) in [5.74, 6) is 0.300. The minimum Gasteiger partial charge on any atom is -0.484 e. The van der Waals surface area contributed by atoms with Gasteiger partial charge >= 0.3 is 0 Å². The van der Waals surface area contributed by atoms with Crippen molar-refractivity contribution < 1.29 is 14.3 Å². The average Bonchev–Trinajstić information content (AvgIpc) is 3.07. The monoisotopic (exact) mass is 335 g/mol. The van der Waals surface area contributed by atoms with Crippen molar-refractivity contribution in [2.24, 2.45) is 0 Å². The molecule has 1 aliphatic rings. The lowest BCUT2D eigenvalue weighted by Crippen LogP contribution is -2.23. The van der Waals surface area contributed by atoms with Gasteiger partial charge in [-0.3, -0.25) is 9.59 Å². The van der Waals surface area contributed by atoms with Gasteiger partial charge in [0.2, 0.25) is 5.91 Å². The molecule has 0 saturated carbocycles. The number of rotatable bonds is 5. The third kappa shape index (κ3) is 4.15. The Labute approximate surface area is 145 Å². The smallest absolute Gasteiger partial charge is 0.262 e. The molecule has 6 nitrogen and oxygen atoms in total. The molecule has 0 unspecified atom stereocenters. The number of benzene rings is 2. The van der Waals surface area contributed by atoms with E-state index >= 15 is 0 Å². The van der Waals surface area contributed by atoms with Crippen molar-refractivity contribution in [3.63, 3.8) is 0 Å². The van der Waals surface area contributed by atoms with Crippen LogP contribution < -0.4 is 15.0 Å². The molecule has 1 fully saturated rings. The SMILES string of the molecule is N#Cc1cccc(OCC(=O)Nc2ccc(N3CCCC3=O)cc2)c1. The Morgan fingerprint density at radius 3 is 2.72 bits per heavy atom. The first-order chi connectivity index (χ1) is 12.2. The van der Waals surface area contributed by atoms with Gasteiger partial charge in [-0.25, -0.2) is 0 Å². The summed E-state index contributed by atoms with van der Waals surface area (Å²) in [5, 5.41) is 11.6. The molecule has 0 aromatic heterocycles. The highest BCUT2D eigenvalue weighted by Gasteiger charge is 2.21. The zero-order valence-corrected chi connectivity index (χ0v) is 13.6. The van der Waals surface area contributed by atoms with Gasteiger partial charge in [0.1, 0.15) is 5.75 Å². The number of hydrogen-bond acceptors (Lipinski definition) is 4. The number of nitriles is 1. The van der Waals surface area contributed by atoms with Crippen LogP contribution in [0.2, 0.25) is 0 Å². The predicted molar refractivity (Wildman–Crippen MR) is 93.3 cm³/mol. The van der Waals surface area contributed by atoms with Crippen LogP contribution in [0.5, 0.6) is 5.75 Å². The number of carbonyl (C=O) groups excluding carboxylic acids is 2. The Morgan fingerprint density at radius 2 is 2.04 bits per heavy atom. The van der Waals surface area contributed by atoms with Gasteiger partial charge in [0.05, 0.1) is 11.6 Å². The average molecular weight is 335 g/mol. The summed E-state index contributed by atoms with van der Waals surface area (Å²) < 4.78 is 5.39. The van der Waals surface area contributed by atoms with E-state index in [-0.39, 0.29) is 18.4 Å². The molecule has 0 atom stereocenters. The first-order valence-electron chi connectivity index (χ1n) is 7.99. The van der Waals surface area contributed by atoms with Crippen LogP contribution >= 0.6 is 0 Å². The van der Waals surface area contributed by atoms with E-state index in [0.29, 0.717) is 23.4 Å². The van der Waals surface area contributed by atoms with E-state index in [9.17, 15) is 9.59 Å². The lowest BCUT2D eigenvalue weighted by molar-refractivity contribution is -0.118. The van der Waals surface area contributed by atoms with Gasteiger partial charge in [-0.05, 0) is 48.9 Å².